The van der Waals surface area contributed by atoms with E-state index in [1.54, 1.807) is 26.8 Å². The van der Waals surface area contributed by atoms with Gasteiger partial charge in [0, 0.05) is 9.64 Å². The van der Waals surface area contributed by atoms with Gasteiger partial charge >= 0.3 is 6.09 Å². The first-order valence-corrected chi connectivity index (χ1v) is 6.62. The molecule has 0 spiro atoms. The van der Waals surface area contributed by atoms with E-state index in [1.807, 2.05) is 29.5 Å². The van der Waals surface area contributed by atoms with E-state index in [2.05, 4.69) is 5.32 Å². The minimum atomic E-state index is -0.712. The molecule has 0 heterocycles. The molecule has 0 saturated heterocycles. The third-order valence-corrected chi connectivity index (χ3v) is 3.27. The van der Waals surface area contributed by atoms with Crippen molar-refractivity contribution < 1.29 is 14.5 Å². The molecule has 0 unspecified atom stereocenters. The van der Waals surface area contributed by atoms with Gasteiger partial charge in [-0.2, -0.15) is 0 Å². The number of benzene rings is 1. The average Bonchev–Trinajstić information content (AvgIpc) is 2.19. The van der Waals surface area contributed by atoms with Crippen LogP contribution >= 0.6 is 22.6 Å². The fourth-order valence-corrected chi connectivity index (χ4v) is 1.79. The predicted octanol–water partition coefficient (Wildman–Crippen LogP) is 3.85. The number of ether oxygens (including phenoxy) is 1. The number of hydrogen-bond donors (Lipinski definition) is 1. The van der Waals surface area contributed by atoms with Crippen LogP contribution in [-0.2, 0) is 4.74 Å². The van der Waals surface area contributed by atoms with Gasteiger partial charge in [-0.25, -0.2) is 4.79 Å². The molecule has 1 N–H and O–H groups in total. The van der Waals surface area contributed by atoms with Crippen LogP contribution in [0.1, 0.15) is 26.3 Å². The van der Waals surface area contributed by atoms with Crippen LogP contribution in [0.15, 0.2) is 12.1 Å². The molecule has 104 valence electrons. The third-order valence-electron chi connectivity index (χ3n) is 2.11. The summed E-state index contributed by atoms with van der Waals surface area (Å²) in [6.45, 7) is 6.98. The molecule has 0 aliphatic rings. The average molecular weight is 378 g/mol. The standard InChI is InChI=1S/C12H15IN2O4/c1-7-5-9(10(15(17)18)6-8(7)13)14-11(16)19-12(2,3)4/h5-6H,1-4H3,(H,14,16). The van der Waals surface area contributed by atoms with E-state index in [4.69, 9.17) is 4.74 Å². The zero-order chi connectivity index (χ0) is 14.8. The van der Waals surface area contributed by atoms with E-state index in [1.165, 1.54) is 6.07 Å². The van der Waals surface area contributed by atoms with Crippen molar-refractivity contribution in [2.24, 2.45) is 0 Å². The molecule has 1 rings (SSSR count). The number of rotatable bonds is 2. The number of anilines is 1. The Morgan fingerprint density at radius 2 is 2.00 bits per heavy atom. The summed E-state index contributed by atoms with van der Waals surface area (Å²) in [5.41, 5.74) is 0.173. The molecule has 0 saturated carbocycles. The van der Waals surface area contributed by atoms with Gasteiger partial charge in [0.15, 0.2) is 0 Å². The molecular formula is C12H15IN2O4. The van der Waals surface area contributed by atoms with Gasteiger partial charge in [0.05, 0.1) is 4.92 Å². The number of nitro groups is 1. The van der Waals surface area contributed by atoms with E-state index in [0.29, 0.717) is 0 Å². The number of carbonyl (C=O) groups is 1. The van der Waals surface area contributed by atoms with E-state index in [9.17, 15) is 14.9 Å². The second-order valence-corrected chi connectivity index (χ2v) is 6.16. The second kappa shape index (κ2) is 5.72. The van der Waals surface area contributed by atoms with Crippen molar-refractivity contribution in [1.29, 1.82) is 0 Å². The third kappa shape index (κ3) is 4.66. The highest BCUT2D eigenvalue weighted by atomic mass is 127. The first-order chi connectivity index (χ1) is 8.60. The molecule has 1 aromatic carbocycles. The Morgan fingerprint density at radius 1 is 1.42 bits per heavy atom. The maximum atomic E-state index is 11.6. The summed E-state index contributed by atoms with van der Waals surface area (Å²) in [6.07, 6.45) is -0.712. The lowest BCUT2D eigenvalue weighted by atomic mass is 10.2. The summed E-state index contributed by atoms with van der Waals surface area (Å²) < 4.78 is 5.83. The lowest BCUT2D eigenvalue weighted by molar-refractivity contribution is -0.384. The summed E-state index contributed by atoms with van der Waals surface area (Å²) in [4.78, 5) is 22.1. The van der Waals surface area contributed by atoms with Gasteiger partial charge in [-0.05, 0) is 61.9 Å². The molecule has 1 aromatic rings. The van der Waals surface area contributed by atoms with Gasteiger partial charge in [-0.1, -0.05) is 0 Å². The molecule has 0 aliphatic heterocycles. The van der Waals surface area contributed by atoms with Crippen LogP contribution < -0.4 is 5.32 Å². The smallest absolute Gasteiger partial charge is 0.412 e. The van der Waals surface area contributed by atoms with Crippen molar-refractivity contribution in [3.05, 3.63) is 31.4 Å². The first kappa shape index (κ1) is 15.7. The van der Waals surface area contributed by atoms with E-state index < -0.39 is 16.6 Å². The minimum Gasteiger partial charge on any atom is -0.444 e. The zero-order valence-electron chi connectivity index (χ0n) is 11.1. The Morgan fingerprint density at radius 3 is 2.47 bits per heavy atom. The number of halogens is 1. The Balaban J connectivity index is 3.03. The van der Waals surface area contributed by atoms with Gasteiger partial charge in [-0.15, -0.1) is 0 Å². The van der Waals surface area contributed by atoms with Crippen LogP contribution in [0, 0.1) is 20.6 Å². The fraction of sp³-hybridized carbons (Fsp3) is 0.417. The Labute approximate surface area is 124 Å². The fourth-order valence-electron chi connectivity index (χ4n) is 1.34. The van der Waals surface area contributed by atoms with E-state index >= 15 is 0 Å². The number of aryl methyl sites for hydroxylation is 1. The van der Waals surface area contributed by atoms with Crippen LogP contribution in [-0.4, -0.2) is 16.6 Å². The maximum absolute atomic E-state index is 11.6. The summed E-state index contributed by atoms with van der Waals surface area (Å²) in [5, 5.41) is 13.4. The highest BCUT2D eigenvalue weighted by molar-refractivity contribution is 14.1. The van der Waals surface area contributed by atoms with Gasteiger partial charge in [0.1, 0.15) is 11.3 Å². The van der Waals surface area contributed by atoms with Crippen LogP contribution in [0.25, 0.3) is 0 Å². The molecule has 19 heavy (non-hydrogen) atoms. The SMILES string of the molecule is Cc1cc(NC(=O)OC(C)(C)C)c([N+](=O)[O-])cc1I. The molecule has 0 atom stereocenters. The summed E-state index contributed by atoms with van der Waals surface area (Å²) >= 11 is 2.01. The highest BCUT2D eigenvalue weighted by Crippen LogP contribution is 2.29. The Hall–Kier alpha value is -1.38. The number of nitrogens with zero attached hydrogens (tertiary/aromatic N) is 1. The second-order valence-electron chi connectivity index (χ2n) is 5.00. The Bertz CT molecular complexity index is 523. The molecule has 0 radical (unpaired) electrons. The molecule has 0 bridgehead atoms. The maximum Gasteiger partial charge on any atom is 0.412 e. The number of nitro benzene ring substituents is 1. The van der Waals surface area contributed by atoms with Crippen LogP contribution in [0.4, 0.5) is 16.2 Å². The highest BCUT2D eigenvalue weighted by Gasteiger charge is 2.21. The van der Waals surface area contributed by atoms with E-state index in [-0.39, 0.29) is 11.4 Å². The monoisotopic (exact) mass is 378 g/mol. The largest absolute Gasteiger partial charge is 0.444 e. The lowest BCUT2D eigenvalue weighted by Crippen LogP contribution is -2.27. The predicted molar refractivity (Wildman–Crippen MR) is 80.4 cm³/mol. The Kier molecular flexibility index (Phi) is 4.72. The number of amides is 1. The molecule has 0 fully saturated rings. The van der Waals surface area contributed by atoms with Crippen molar-refractivity contribution in [2.45, 2.75) is 33.3 Å². The van der Waals surface area contributed by atoms with Crippen molar-refractivity contribution in [2.75, 3.05) is 5.32 Å². The van der Waals surface area contributed by atoms with Crippen molar-refractivity contribution in [3.63, 3.8) is 0 Å². The number of hydrogen-bond acceptors (Lipinski definition) is 4. The number of nitrogens with one attached hydrogen (secondary N) is 1. The summed E-state index contributed by atoms with van der Waals surface area (Å²) in [6, 6.07) is 2.98. The van der Waals surface area contributed by atoms with Gasteiger partial charge < -0.3 is 4.74 Å². The van der Waals surface area contributed by atoms with Crippen LogP contribution in [0.2, 0.25) is 0 Å². The molecule has 0 aliphatic carbocycles. The zero-order valence-corrected chi connectivity index (χ0v) is 13.3. The van der Waals surface area contributed by atoms with Gasteiger partial charge in [0.2, 0.25) is 0 Å². The van der Waals surface area contributed by atoms with Crippen LogP contribution in [0.3, 0.4) is 0 Å². The minimum absolute atomic E-state index is 0.136. The first-order valence-electron chi connectivity index (χ1n) is 5.54. The molecular weight excluding hydrogens is 363 g/mol. The van der Waals surface area contributed by atoms with Crippen molar-refractivity contribution in [3.8, 4) is 0 Å². The molecule has 0 aromatic heterocycles. The number of carbonyl (C=O) groups excluding carboxylic acids is 1. The van der Waals surface area contributed by atoms with Crippen LogP contribution in [0.5, 0.6) is 0 Å². The molecule has 6 nitrogen and oxygen atoms in total. The molecule has 7 heteroatoms. The summed E-state index contributed by atoms with van der Waals surface area (Å²) in [5.74, 6) is 0. The van der Waals surface area contributed by atoms with Crippen molar-refractivity contribution in [1.82, 2.24) is 0 Å². The van der Waals surface area contributed by atoms with Crippen molar-refractivity contribution >= 4 is 40.1 Å². The topological polar surface area (TPSA) is 81.5 Å². The van der Waals surface area contributed by atoms with E-state index in [0.717, 1.165) is 9.13 Å². The molecule has 1 amide bonds. The summed E-state index contributed by atoms with van der Waals surface area (Å²) in [7, 11) is 0. The van der Waals surface area contributed by atoms with Gasteiger partial charge in [-0.3, -0.25) is 15.4 Å². The van der Waals surface area contributed by atoms with Gasteiger partial charge in [0.25, 0.3) is 5.69 Å². The normalized spacial score (nSPS) is 11.0. The lowest BCUT2D eigenvalue weighted by Gasteiger charge is -2.19. The quantitative estimate of drug-likeness (QED) is 0.482.